The van der Waals surface area contributed by atoms with Crippen molar-refractivity contribution in [1.29, 1.82) is 0 Å². The normalized spacial score (nSPS) is 14.9. The lowest BCUT2D eigenvalue weighted by Gasteiger charge is -2.15. The molecule has 0 radical (unpaired) electrons. The molecule has 1 amide bonds. The third-order valence-electron chi connectivity index (χ3n) is 5.36. The minimum atomic E-state index is -3.85. The average Bonchev–Trinajstić information content (AvgIpc) is 3.03. The highest BCUT2D eigenvalue weighted by Gasteiger charge is 2.23. The summed E-state index contributed by atoms with van der Waals surface area (Å²) in [6, 6.07) is 10.9. The minimum Gasteiger partial charge on any atom is -0.325 e. The van der Waals surface area contributed by atoms with Gasteiger partial charge in [-0.2, -0.15) is 4.72 Å². The molecule has 2 N–H and O–H groups in total. The number of fused-ring (bicyclic) bond motifs is 1. The Morgan fingerprint density at radius 1 is 1.09 bits per heavy atom. The number of aromatic nitrogens is 3. The largest absolute Gasteiger partial charge is 0.325 e. The molecular formula is C22H24FN5O3S. The third-order valence-corrected chi connectivity index (χ3v) is 6.92. The van der Waals surface area contributed by atoms with Crippen molar-refractivity contribution in [3.05, 3.63) is 60.2 Å². The van der Waals surface area contributed by atoms with E-state index in [9.17, 15) is 17.6 Å². The van der Waals surface area contributed by atoms with E-state index in [1.807, 2.05) is 4.57 Å². The first-order valence-corrected chi connectivity index (χ1v) is 11.9. The Morgan fingerprint density at radius 3 is 2.66 bits per heavy atom. The summed E-state index contributed by atoms with van der Waals surface area (Å²) in [5.41, 5.74) is 0.573. The van der Waals surface area contributed by atoms with E-state index in [2.05, 4.69) is 20.2 Å². The van der Waals surface area contributed by atoms with E-state index in [0.717, 1.165) is 31.5 Å². The van der Waals surface area contributed by atoms with E-state index in [0.29, 0.717) is 18.1 Å². The van der Waals surface area contributed by atoms with Crippen LogP contribution in [0.5, 0.6) is 0 Å². The maximum atomic E-state index is 14.6. The number of nitrogens with one attached hydrogen (secondary N) is 2. The number of benzene rings is 2. The zero-order valence-corrected chi connectivity index (χ0v) is 18.4. The molecule has 0 bridgehead atoms. The van der Waals surface area contributed by atoms with E-state index in [4.69, 9.17) is 0 Å². The van der Waals surface area contributed by atoms with Crippen LogP contribution in [0.15, 0.2) is 53.4 Å². The Balaban J connectivity index is 1.52. The second kappa shape index (κ2) is 9.17. The van der Waals surface area contributed by atoms with E-state index >= 15 is 0 Å². The van der Waals surface area contributed by atoms with E-state index < -0.39 is 27.8 Å². The predicted octanol–water partition coefficient (Wildman–Crippen LogP) is 3.12. The SMILES string of the molecule is C[C@H](NS(=O)(=O)c1ccccc1)C(=O)Nc1ccc(F)c(-c2nnc3n2CCCCC3)c1. The fraction of sp³-hybridized carbons (Fsp3) is 0.318. The molecule has 0 unspecified atom stereocenters. The number of halogens is 1. The van der Waals surface area contributed by atoms with E-state index in [1.165, 1.54) is 37.3 Å². The molecular weight excluding hydrogens is 433 g/mol. The Kier molecular flexibility index (Phi) is 6.33. The van der Waals surface area contributed by atoms with Crippen LogP contribution in [0.4, 0.5) is 10.1 Å². The van der Waals surface area contributed by atoms with Crippen LogP contribution >= 0.6 is 0 Å². The summed E-state index contributed by atoms with van der Waals surface area (Å²) < 4.78 is 43.8. The molecule has 4 rings (SSSR count). The third kappa shape index (κ3) is 4.71. The molecule has 168 valence electrons. The summed E-state index contributed by atoms with van der Waals surface area (Å²) in [5, 5.41) is 11.0. The molecule has 1 aliphatic heterocycles. The van der Waals surface area contributed by atoms with Crippen LogP contribution in [0, 0.1) is 5.82 Å². The zero-order valence-electron chi connectivity index (χ0n) is 17.6. The predicted molar refractivity (Wildman–Crippen MR) is 118 cm³/mol. The molecule has 1 atom stereocenters. The highest BCUT2D eigenvalue weighted by Crippen LogP contribution is 2.27. The molecule has 1 aromatic heterocycles. The fourth-order valence-corrected chi connectivity index (χ4v) is 4.89. The monoisotopic (exact) mass is 457 g/mol. The van der Waals surface area contributed by atoms with Gasteiger partial charge in [-0.15, -0.1) is 10.2 Å². The summed E-state index contributed by atoms with van der Waals surface area (Å²) in [6.07, 6.45) is 3.87. The summed E-state index contributed by atoms with van der Waals surface area (Å²) in [7, 11) is -3.85. The number of hydrogen-bond donors (Lipinski definition) is 2. The fourth-order valence-electron chi connectivity index (χ4n) is 3.66. The van der Waals surface area contributed by atoms with E-state index in [-0.39, 0.29) is 10.5 Å². The summed E-state index contributed by atoms with van der Waals surface area (Å²) in [6.45, 7) is 2.16. The quantitative estimate of drug-likeness (QED) is 0.592. The van der Waals surface area contributed by atoms with Crippen molar-refractivity contribution in [3.63, 3.8) is 0 Å². The van der Waals surface area contributed by atoms with Gasteiger partial charge in [-0.1, -0.05) is 24.6 Å². The highest BCUT2D eigenvalue weighted by atomic mass is 32.2. The Hall–Kier alpha value is -3.11. The molecule has 0 spiro atoms. The van der Waals surface area contributed by atoms with Crippen molar-refractivity contribution in [2.45, 2.75) is 50.1 Å². The van der Waals surface area contributed by atoms with Gasteiger partial charge in [0.1, 0.15) is 11.6 Å². The van der Waals surface area contributed by atoms with Gasteiger partial charge in [0.05, 0.1) is 16.5 Å². The lowest BCUT2D eigenvalue weighted by Crippen LogP contribution is -2.41. The Bertz CT molecular complexity index is 1230. The first-order valence-electron chi connectivity index (χ1n) is 10.5. The zero-order chi connectivity index (χ0) is 22.7. The number of amides is 1. The molecule has 1 aliphatic rings. The summed E-state index contributed by atoms with van der Waals surface area (Å²) in [4.78, 5) is 12.7. The molecule has 32 heavy (non-hydrogen) atoms. The second-order valence-corrected chi connectivity index (χ2v) is 9.46. The van der Waals surface area contributed by atoms with Crippen LogP contribution in [-0.4, -0.2) is 35.1 Å². The topological polar surface area (TPSA) is 106 Å². The van der Waals surface area contributed by atoms with Gasteiger partial charge >= 0.3 is 0 Å². The van der Waals surface area contributed by atoms with Crippen LogP contribution in [0.25, 0.3) is 11.4 Å². The average molecular weight is 458 g/mol. The number of nitrogens with zero attached hydrogens (tertiary/aromatic N) is 3. The number of hydrogen-bond acceptors (Lipinski definition) is 5. The van der Waals surface area contributed by atoms with Crippen molar-refractivity contribution in [2.24, 2.45) is 0 Å². The summed E-state index contributed by atoms with van der Waals surface area (Å²) >= 11 is 0. The van der Waals surface area contributed by atoms with Crippen LogP contribution in [0.1, 0.15) is 32.0 Å². The first kappa shape index (κ1) is 22.1. The van der Waals surface area contributed by atoms with Gasteiger partial charge in [0.15, 0.2) is 5.82 Å². The maximum Gasteiger partial charge on any atom is 0.242 e. The molecule has 10 heteroatoms. The molecule has 2 heterocycles. The Labute approximate surface area is 185 Å². The lowest BCUT2D eigenvalue weighted by atomic mass is 10.1. The second-order valence-electron chi connectivity index (χ2n) is 7.74. The maximum absolute atomic E-state index is 14.6. The van der Waals surface area contributed by atoms with Crippen LogP contribution < -0.4 is 10.0 Å². The van der Waals surface area contributed by atoms with Crippen molar-refractivity contribution < 1.29 is 17.6 Å². The van der Waals surface area contributed by atoms with Crippen LogP contribution in [-0.2, 0) is 27.8 Å². The van der Waals surface area contributed by atoms with Gasteiger partial charge in [-0.3, -0.25) is 4.79 Å². The van der Waals surface area contributed by atoms with Gasteiger partial charge in [0.2, 0.25) is 15.9 Å². The molecule has 0 saturated heterocycles. The molecule has 2 aromatic carbocycles. The highest BCUT2D eigenvalue weighted by molar-refractivity contribution is 7.89. The standard InChI is InChI=1S/C22H24FN5O3S/c1-15(27-32(30,31)17-8-4-2-5-9-17)22(29)24-16-11-12-19(23)18(14-16)21-26-25-20-10-6-3-7-13-28(20)21/h2,4-5,8-9,11-12,14-15,27H,3,6-7,10,13H2,1H3,(H,24,29)/t15-/m0/s1. The molecule has 0 fully saturated rings. The van der Waals surface area contributed by atoms with Crippen LogP contribution in [0.2, 0.25) is 0 Å². The van der Waals surface area contributed by atoms with Gasteiger partial charge in [0, 0.05) is 18.7 Å². The van der Waals surface area contributed by atoms with Crippen molar-refractivity contribution in [3.8, 4) is 11.4 Å². The molecule has 0 saturated carbocycles. The molecule has 3 aromatic rings. The Morgan fingerprint density at radius 2 is 1.88 bits per heavy atom. The minimum absolute atomic E-state index is 0.0659. The van der Waals surface area contributed by atoms with E-state index in [1.54, 1.807) is 18.2 Å². The smallest absolute Gasteiger partial charge is 0.242 e. The number of aryl methyl sites for hydroxylation is 1. The molecule has 8 nitrogen and oxygen atoms in total. The van der Waals surface area contributed by atoms with Gasteiger partial charge in [-0.25, -0.2) is 12.8 Å². The van der Waals surface area contributed by atoms with Gasteiger partial charge in [0.25, 0.3) is 0 Å². The lowest BCUT2D eigenvalue weighted by molar-refractivity contribution is -0.117. The van der Waals surface area contributed by atoms with Crippen molar-refractivity contribution in [2.75, 3.05) is 5.32 Å². The molecule has 0 aliphatic carbocycles. The van der Waals surface area contributed by atoms with Gasteiger partial charge < -0.3 is 9.88 Å². The number of sulfonamides is 1. The van der Waals surface area contributed by atoms with Gasteiger partial charge in [-0.05, 0) is 50.1 Å². The van der Waals surface area contributed by atoms with Crippen LogP contribution in [0.3, 0.4) is 0 Å². The number of rotatable bonds is 6. The van der Waals surface area contributed by atoms with Crippen molar-refractivity contribution >= 4 is 21.6 Å². The first-order chi connectivity index (χ1) is 15.3. The summed E-state index contributed by atoms with van der Waals surface area (Å²) in [5.74, 6) is 0.214. The number of anilines is 1. The number of carbonyl (C=O) groups excluding carboxylic acids is 1. The van der Waals surface area contributed by atoms with Crippen molar-refractivity contribution in [1.82, 2.24) is 19.5 Å². The number of carbonyl (C=O) groups is 1.